The monoisotopic (exact) mass is 413 g/mol. The van der Waals surface area contributed by atoms with Crippen LogP contribution in [0.15, 0.2) is 42.5 Å². The summed E-state index contributed by atoms with van der Waals surface area (Å²) in [7, 11) is 0. The summed E-state index contributed by atoms with van der Waals surface area (Å²) in [6.45, 7) is 14.6. The molecule has 2 rings (SSSR count). The molecule has 30 heavy (non-hydrogen) atoms. The topological polar surface area (TPSA) is 47.4 Å². The number of benzene rings is 1. The maximum Gasteiger partial charge on any atom is 0.227 e. The van der Waals surface area contributed by atoms with Crippen molar-refractivity contribution in [1.82, 2.24) is 14.7 Å². The summed E-state index contributed by atoms with van der Waals surface area (Å²) >= 11 is 0. The third-order valence-corrected chi connectivity index (χ3v) is 4.95. The summed E-state index contributed by atoms with van der Waals surface area (Å²) in [5.74, 6) is 0.681. The number of aromatic nitrogens is 2. The molecule has 0 aliphatic carbocycles. The quantitative estimate of drug-likeness (QED) is 0.512. The fourth-order valence-corrected chi connectivity index (χ4v) is 3.44. The number of carbonyl (C=O) groups excluding carboxylic acids is 1. The lowest BCUT2D eigenvalue weighted by Crippen LogP contribution is -2.32. The molecule has 0 bridgehead atoms. The fraction of sp³-hybridized carbons (Fsp3) is 0.417. The first kappa shape index (κ1) is 23.4. The molecule has 0 fully saturated rings. The van der Waals surface area contributed by atoms with E-state index in [0.717, 1.165) is 33.8 Å². The second-order valence-electron chi connectivity index (χ2n) is 7.26. The molecule has 0 spiro atoms. The maximum absolute atomic E-state index is 12.8. The summed E-state index contributed by atoms with van der Waals surface area (Å²) in [5, 5.41) is 4.82. The number of nitrogens with zero attached hydrogens (tertiary/aromatic N) is 3. The first-order valence-corrected chi connectivity index (χ1v) is 10.3. The molecule has 0 aliphatic rings. The van der Waals surface area contributed by atoms with Gasteiger partial charge in [-0.2, -0.15) is 5.10 Å². The number of rotatable bonds is 10. The van der Waals surface area contributed by atoms with Crippen LogP contribution in [0, 0.1) is 6.92 Å². The Morgan fingerprint density at radius 1 is 1.23 bits per heavy atom. The highest BCUT2D eigenvalue weighted by molar-refractivity contribution is 5.82. The van der Waals surface area contributed by atoms with Gasteiger partial charge in [0.25, 0.3) is 0 Å². The molecule has 1 aromatic heterocycles. The van der Waals surface area contributed by atoms with E-state index in [-0.39, 0.29) is 18.9 Å². The Balaban J connectivity index is 2.51. The largest absolute Gasteiger partial charge is 0.491 e. The van der Waals surface area contributed by atoms with E-state index < -0.39 is 6.67 Å². The summed E-state index contributed by atoms with van der Waals surface area (Å²) in [5.41, 5.74) is 5.34. The zero-order chi connectivity index (χ0) is 22.3. The van der Waals surface area contributed by atoms with Crippen molar-refractivity contribution in [3.05, 3.63) is 53.8 Å². The minimum atomic E-state index is -0.530. The van der Waals surface area contributed by atoms with Crippen LogP contribution < -0.4 is 4.74 Å². The lowest BCUT2D eigenvalue weighted by atomic mass is 10.0. The maximum atomic E-state index is 12.8. The number of hydrogen-bond donors (Lipinski definition) is 0. The van der Waals surface area contributed by atoms with Gasteiger partial charge in [-0.05, 0) is 65.0 Å². The summed E-state index contributed by atoms with van der Waals surface area (Å²) < 4.78 is 19.5. The Hall–Kier alpha value is -2.89. The molecular weight excluding hydrogens is 381 g/mol. The average Bonchev–Trinajstić information content (AvgIpc) is 3.03. The molecule has 5 nitrogen and oxygen atoms in total. The van der Waals surface area contributed by atoms with E-state index in [9.17, 15) is 9.18 Å². The van der Waals surface area contributed by atoms with Gasteiger partial charge < -0.3 is 9.64 Å². The molecule has 0 aliphatic heterocycles. The molecule has 0 atom stereocenters. The second kappa shape index (κ2) is 10.8. The van der Waals surface area contributed by atoms with Gasteiger partial charge in [0.15, 0.2) is 0 Å². The van der Waals surface area contributed by atoms with E-state index in [2.05, 4.69) is 6.58 Å². The number of carbonyl (C=O) groups is 1. The number of allylic oxidation sites excluding steroid dienone is 3. The Bertz CT molecular complexity index is 909. The Kier molecular flexibility index (Phi) is 8.39. The zero-order valence-electron chi connectivity index (χ0n) is 18.7. The van der Waals surface area contributed by atoms with Crippen molar-refractivity contribution < 1.29 is 13.9 Å². The predicted octanol–water partition coefficient (Wildman–Crippen LogP) is 5.05. The minimum Gasteiger partial charge on any atom is -0.491 e. The summed E-state index contributed by atoms with van der Waals surface area (Å²) in [4.78, 5) is 14.7. The number of alkyl halides is 1. The van der Waals surface area contributed by atoms with Gasteiger partial charge in [0.1, 0.15) is 19.0 Å². The summed E-state index contributed by atoms with van der Waals surface area (Å²) in [6, 6.07) is 7.38. The van der Waals surface area contributed by atoms with Crippen molar-refractivity contribution in [2.75, 3.05) is 26.4 Å². The van der Waals surface area contributed by atoms with E-state index in [1.807, 2.05) is 62.4 Å². The zero-order valence-corrected chi connectivity index (χ0v) is 18.7. The normalized spacial score (nSPS) is 11.5. The highest BCUT2D eigenvalue weighted by Gasteiger charge is 2.21. The van der Waals surface area contributed by atoms with Crippen molar-refractivity contribution in [3.8, 4) is 17.0 Å². The van der Waals surface area contributed by atoms with Crippen molar-refractivity contribution >= 4 is 11.6 Å². The first-order chi connectivity index (χ1) is 14.3. The van der Waals surface area contributed by atoms with Gasteiger partial charge in [0, 0.05) is 35.6 Å². The number of ether oxygens (including phenoxy) is 1. The van der Waals surface area contributed by atoms with Crippen molar-refractivity contribution in [1.29, 1.82) is 0 Å². The number of likely N-dealkylation sites (N-methyl/N-ethyl adjacent to an activating group) is 1. The molecular formula is C24H32FN3O2. The highest BCUT2D eigenvalue weighted by Crippen LogP contribution is 2.29. The Labute approximate surface area is 178 Å². The predicted molar refractivity (Wildman–Crippen MR) is 120 cm³/mol. The molecule has 2 aromatic rings. The third kappa shape index (κ3) is 5.59. The van der Waals surface area contributed by atoms with E-state index >= 15 is 0 Å². The van der Waals surface area contributed by atoms with E-state index in [1.54, 1.807) is 12.1 Å². The second-order valence-corrected chi connectivity index (χ2v) is 7.26. The van der Waals surface area contributed by atoms with Crippen LogP contribution in [-0.2, 0) is 11.2 Å². The average molecular weight is 414 g/mol. The number of amides is 1. The Morgan fingerprint density at radius 3 is 2.40 bits per heavy atom. The molecule has 0 saturated carbocycles. The smallest absolute Gasteiger partial charge is 0.227 e. The van der Waals surface area contributed by atoms with Crippen LogP contribution in [-0.4, -0.2) is 47.0 Å². The van der Waals surface area contributed by atoms with Crippen LogP contribution in [0.4, 0.5) is 4.39 Å². The van der Waals surface area contributed by atoms with E-state index in [1.165, 1.54) is 0 Å². The van der Waals surface area contributed by atoms with Gasteiger partial charge in [-0.1, -0.05) is 12.2 Å². The molecule has 1 amide bonds. The molecule has 0 unspecified atom stereocenters. The molecule has 1 heterocycles. The SMILES string of the molecule is C=C(C)/C=C(/C)n1nc(-c2ccc(OCCF)cc2)c(CC(=O)N(CC)CC)c1C. The van der Waals surface area contributed by atoms with Gasteiger partial charge >= 0.3 is 0 Å². The third-order valence-electron chi connectivity index (χ3n) is 4.95. The molecule has 0 radical (unpaired) electrons. The van der Waals surface area contributed by atoms with Gasteiger partial charge in [-0.3, -0.25) is 4.79 Å². The fourth-order valence-electron chi connectivity index (χ4n) is 3.44. The molecule has 0 N–H and O–H groups in total. The molecule has 1 aromatic carbocycles. The van der Waals surface area contributed by atoms with Gasteiger partial charge in [-0.15, -0.1) is 0 Å². The molecule has 6 heteroatoms. The standard InChI is InChI=1S/C24H32FN3O2/c1-7-27(8-2)23(29)16-22-19(6)28(18(5)15-17(3)4)26-24(22)20-9-11-21(12-10-20)30-14-13-25/h9-12,15H,3,7-8,13-14,16H2,1-2,4-6H3/b18-15-. The Morgan fingerprint density at radius 2 is 1.87 bits per heavy atom. The first-order valence-electron chi connectivity index (χ1n) is 10.3. The van der Waals surface area contributed by atoms with Crippen molar-refractivity contribution in [2.45, 2.75) is 41.0 Å². The van der Waals surface area contributed by atoms with E-state index in [0.29, 0.717) is 18.8 Å². The van der Waals surface area contributed by atoms with Crippen LogP contribution in [0.5, 0.6) is 5.75 Å². The van der Waals surface area contributed by atoms with Crippen LogP contribution in [0.25, 0.3) is 17.0 Å². The van der Waals surface area contributed by atoms with E-state index in [4.69, 9.17) is 9.84 Å². The van der Waals surface area contributed by atoms with Crippen LogP contribution in [0.3, 0.4) is 0 Å². The molecule has 0 saturated heterocycles. The van der Waals surface area contributed by atoms with Gasteiger partial charge in [0.05, 0.1) is 12.1 Å². The van der Waals surface area contributed by atoms with Gasteiger partial charge in [0.2, 0.25) is 5.91 Å². The number of halogens is 1. The van der Waals surface area contributed by atoms with Crippen LogP contribution in [0.1, 0.15) is 39.0 Å². The lowest BCUT2D eigenvalue weighted by Gasteiger charge is -2.18. The van der Waals surface area contributed by atoms with Crippen molar-refractivity contribution in [3.63, 3.8) is 0 Å². The number of hydrogen-bond acceptors (Lipinski definition) is 3. The van der Waals surface area contributed by atoms with Crippen LogP contribution >= 0.6 is 0 Å². The summed E-state index contributed by atoms with van der Waals surface area (Å²) in [6.07, 6.45) is 2.25. The molecule has 162 valence electrons. The van der Waals surface area contributed by atoms with Gasteiger partial charge in [-0.25, -0.2) is 9.07 Å². The van der Waals surface area contributed by atoms with Crippen LogP contribution in [0.2, 0.25) is 0 Å². The highest BCUT2D eigenvalue weighted by atomic mass is 19.1. The lowest BCUT2D eigenvalue weighted by molar-refractivity contribution is -0.130. The minimum absolute atomic E-state index is 0.0294. The van der Waals surface area contributed by atoms with Crippen molar-refractivity contribution in [2.24, 2.45) is 0 Å².